The van der Waals surface area contributed by atoms with Crippen molar-refractivity contribution in [1.29, 1.82) is 0 Å². The molecule has 0 aliphatic carbocycles. The standard InChI is InChI=1S/C14H13N2O/c1-11-3-5-12(6-4-11)14(17)16(2)13-7-9-15-10-8-13/h3-10H,1H2,2H3. The summed E-state index contributed by atoms with van der Waals surface area (Å²) < 4.78 is 0. The van der Waals surface area contributed by atoms with E-state index in [2.05, 4.69) is 11.9 Å². The van der Waals surface area contributed by atoms with Crippen molar-refractivity contribution >= 4 is 11.6 Å². The van der Waals surface area contributed by atoms with Crippen molar-refractivity contribution in [2.24, 2.45) is 0 Å². The summed E-state index contributed by atoms with van der Waals surface area (Å²) in [6, 6.07) is 10.8. The van der Waals surface area contributed by atoms with Gasteiger partial charge in [0, 0.05) is 30.7 Å². The highest BCUT2D eigenvalue weighted by atomic mass is 16.2. The van der Waals surface area contributed by atoms with Gasteiger partial charge in [-0.3, -0.25) is 9.78 Å². The third kappa shape index (κ3) is 2.50. The van der Waals surface area contributed by atoms with E-state index < -0.39 is 0 Å². The molecule has 0 saturated carbocycles. The molecule has 2 aromatic rings. The normalized spacial score (nSPS) is 10.0. The number of anilines is 1. The summed E-state index contributed by atoms with van der Waals surface area (Å²) in [5.74, 6) is -0.0452. The molecule has 0 N–H and O–H groups in total. The molecule has 1 radical (unpaired) electrons. The summed E-state index contributed by atoms with van der Waals surface area (Å²) in [5.41, 5.74) is 2.37. The summed E-state index contributed by atoms with van der Waals surface area (Å²) in [4.78, 5) is 17.7. The highest BCUT2D eigenvalue weighted by Gasteiger charge is 2.12. The zero-order valence-corrected chi connectivity index (χ0v) is 9.63. The lowest BCUT2D eigenvalue weighted by Gasteiger charge is -2.17. The molecule has 1 heterocycles. The number of aromatic nitrogens is 1. The SMILES string of the molecule is [CH2]c1ccc(C(=O)N(C)c2ccncc2)cc1. The summed E-state index contributed by atoms with van der Waals surface area (Å²) in [7, 11) is 1.75. The van der Waals surface area contributed by atoms with Gasteiger partial charge in [0.2, 0.25) is 0 Å². The predicted octanol–water partition coefficient (Wildman–Crippen LogP) is 2.54. The monoisotopic (exact) mass is 225 g/mol. The number of hydrogen-bond donors (Lipinski definition) is 0. The molecule has 0 aliphatic heterocycles. The Labute approximate surface area is 101 Å². The second-order valence-electron chi connectivity index (χ2n) is 3.77. The van der Waals surface area contributed by atoms with Gasteiger partial charge in [0.05, 0.1) is 0 Å². The Morgan fingerprint density at radius 2 is 1.71 bits per heavy atom. The molecule has 3 nitrogen and oxygen atoms in total. The third-order valence-corrected chi connectivity index (χ3v) is 2.56. The van der Waals surface area contributed by atoms with E-state index in [0.29, 0.717) is 5.56 Å². The zero-order valence-electron chi connectivity index (χ0n) is 9.63. The van der Waals surface area contributed by atoms with Crippen molar-refractivity contribution in [1.82, 2.24) is 4.98 Å². The van der Waals surface area contributed by atoms with Gasteiger partial charge in [-0.05, 0) is 36.8 Å². The molecule has 85 valence electrons. The van der Waals surface area contributed by atoms with Gasteiger partial charge in [-0.15, -0.1) is 0 Å². The van der Waals surface area contributed by atoms with E-state index in [-0.39, 0.29) is 5.91 Å². The Kier molecular flexibility index (Phi) is 3.19. The van der Waals surface area contributed by atoms with Crippen molar-refractivity contribution in [2.75, 3.05) is 11.9 Å². The molecule has 2 rings (SSSR count). The Balaban J connectivity index is 2.23. The zero-order chi connectivity index (χ0) is 12.3. The Morgan fingerprint density at radius 1 is 1.12 bits per heavy atom. The lowest BCUT2D eigenvalue weighted by atomic mass is 10.1. The number of carbonyl (C=O) groups excluding carboxylic acids is 1. The van der Waals surface area contributed by atoms with Crippen LogP contribution in [-0.2, 0) is 0 Å². The number of benzene rings is 1. The van der Waals surface area contributed by atoms with E-state index in [1.54, 1.807) is 48.6 Å². The molecule has 0 saturated heterocycles. The number of amides is 1. The van der Waals surface area contributed by atoms with Crippen molar-refractivity contribution in [3.05, 3.63) is 66.8 Å². The molecule has 1 aromatic carbocycles. The first kappa shape index (κ1) is 11.3. The van der Waals surface area contributed by atoms with Gasteiger partial charge in [0.25, 0.3) is 5.91 Å². The van der Waals surface area contributed by atoms with Crippen LogP contribution in [0.1, 0.15) is 15.9 Å². The first-order chi connectivity index (χ1) is 8.18. The fraction of sp³-hybridized carbons (Fsp3) is 0.0714. The van der Waals surface area contributed by atoms with E-state index in [9.17, 15) is 4.79 Å². The van der Waals surface area contributed by atoms with E-state index in [1.165, 1.54) is 0 Å². The van der Waals surface area contributed by atoms with Crippen LogP contribution >= 0.6 is 0 Å². The van der Waals surface area contributed by atoms with Gasteiger partial charge in [-0.25, -0.2) is 0 Å². The van der Waals surface area contributed by atoms with Crippen LogP contribution in [0.15, 0.2) is 48.8 Å². The van der Waals surface area contributed by atoms with Crippen LogP contribution in [0.4, 0.5) is 5.69 Å². The minimum Gasteiger partial charge on any atom is -0.311 e. The van der Waals surface area contributed by atoms with Gasteiger partial charge >= 0.3 is 0 Å². The molecule has 0 unspecified atom stereocenters. The van der Waals surface area contributed by atoms with Crippen molar-refractivity contribution in [3.8, 4) is 0 Å². The van der Waals surface area contributed by atoms with Crippen LogP contribution < -0.4 is 4.90 Å². The average Bonchev–Trinajstić information content (AvgIpc) is 2.39. The Hall–Kier alpha value is -2.16. The second kappa shape index (κ2) is 4.78. The fourth-order valence-electron chi connectivity index (χ4n) is 1.53. The van der Waals surface area contributed by atoms with Crippen LogP contribution in [0.2, 0.25) is 0 Å². The number of pyridine rings is 1. The van der Waals surface area contributed by atoms with Crippen LogP contribution in [0.5, 0.6) is 0 Å². The van der Waals surface area contributed by atoms with Crippen LogP contribution in [0, 0.1) is 6.92 Å². The number of carbonyl (C=O) groups is 1. The molecule has 17 heavy (non-hydrogen) atoms. The molecule has 0 aliphatic rings. The van der Waals surface area contributed by atoms with E-state index in [1.807, 2.05) is 12.1 Å². The highest BCUT2D eigenvalue weighted by molar-refractivity contribution is 6.05. The predicted molar refractivity (Wildman–Crippen MR) is 67.9 cm³/mol. The number of nitrogens with zero attached hydrogens (tertiary/aromatic N) is 2. The molecule has 3 heteroatoms. The van der Waals surface area contributed by atoms with Gasteiger partial charge in [0.1, 0.15) is 0 Å². The Bertz CT molecular complexity index is 506. The second-order valence-corrected chi connectivity index (χ2v) is 3.77. The number of hydrogen-bond acceptors (Lipinski definition) is 2. The van der Waals surface area contributed by atoms with Crippen molar-refractivity contribution in [2.45, 2.75) is 0 Å². The van der Waals surface area contributed by atoms with Gasteiger partial charge in [-0.1, -0.05) is 12.1 Å². The van der Waals surface area contributed by atoms with E-state index >= 15 is 0 Å². The van der Waals surface area contributed by atoms with Crippen molar-refractivity contribution in [3.63, 3.8) is 0 Å². The van der Waals surface area contributed by atoms with Gasteiger partial charge < -0.3 is 4.90 Å². The lowest BCUT2D eigenvalue weighted by Crippen LogP contribution is -2.26. The Morgan fingerprint density at radius 3 is 2.29 bits per heavy atom. The largest absolute Gasteiger partial charge is 0.311 e. The molecule has 0 bridgehead atoms. The molecule has 0 spiro atoms. The summed E-state index contributed by atoms with van der Waals surface area (Å²) in [6.45, 7) is 3.79. The number of rotatable bonds is 2. The van der Waals surface area contributed by atoms with Crippen LogP contribution in [-0.4, -0.2) is 17.9 Å². The maximum Gasteiger partial charge on any atom is 0.258 e. The molecular weight excluding hydrogens is 212 g/mol. The molecule has 1 amide bonds. The molecule has 1 aromatic heterocycles. The topological polar surface area (TPSA) is 33.2 Å². The summed E-state index contributed by atoms with van der Waals surface area (Å²) >= 11 is 0. The molecule has 0 fully saturated rings. The minimum atomic E-state index is -0.0452. The van der Waals surface area contributed by atoms with Gasteiger partial charge in [0.15, 0.2) is 0 Å². The molecular formula is C14H13N2O. The fourth-order valence-corrected chi connectivity index (χ4v) is 1.53. The maximum atomic E-state index is 12.1. The van der Waals surface area contributed by atoms with Crippen LogP contribution in [0.3, 0.4) is 0 Å². The highest BCUT2D eigenvalue weighted by Crippen LogP contribution is 2.14. The van der Waals surface area contributed by atoms with Crippen LogP contribution in [0.25, 0.3) is 0 Å². The van der Waals surface area contributed by atoms with E-state index in [4.69, 9.17) is 0 Å². The minimum absolute atomic E-state index is 0.0452. The lowest BCUT2D eigenvalue weighted by molar-refractivity contribution is 0.0993. The van der Waals surface area contributed by atoms with Crippen molar-refractivity contribution < 1.29 is 4.79 Å². The van der Waals surface area contributed by atoms with Gasteiger partial charge in [-0.2, -0.15) is 0 Å². The first-order valence-electron chi connectivity index (χ1n) is 5.28. The maximum absolute atomic E-state index is 12.1. The molecule has 0 atom stereocenters. The smallest absolute Gasteiger partial charge is 0.258 e. The average molecular weight is 225 g/mol. The first-order valence-corrected chi connectivity index (χ1v) is 5.28. The summed E-state index contributed by atoms with van der Waals surface area (Å²) in [5, 5.41) is 0. The summed E-state index contributed by atoms with van der Waals surface area (Å²) in [6.07, 6.45) is 3.33. The quantitative estimate of drug-likeness (QED) is 0.787. The van der Waals surface area contributed by atoms with E-state index in [0.717, 1.165) is 11.3 Å². The third-order valence-electron chi connectivity index (χ3n) is 2.56.